The molecule has 0 fully saturated rings. The number of carbonyl (C=O) groups excluding carboxylic acids is 1. The molecular weight excluding hydrogens is 285 g/mol. The summed E-state index contributed by atoms with van der Waals surface area (Å²) in [7, 11) is 1.50. The second kappa shape index (κ2) is 7.26. The monoisotopic (exact) mass is 301 g/mol. The molecule has 0 aliphatic heterocycles. The maximum absolute atomic E-state index is 13.1. The lowest BCUT2D eigenvalue weighted by Gasteiger charge is -2.12. The lowest BCUT2D eigenvalue weighted by atomic mass is 10.2. The molecule has 114 valence electrons. The number of benzene rings is 2. The van der Waals surface area contributed by atoms with Crippen molar-refractivity contribution in [3.8, 4) is 11.5 Å². The Balaban J connectivity index is 2.09. The zero-order valence-electron chi connectivity index (χ0n) is 12.1. The number of anilines is 1. The Bertz CT molecular complexity index is 685. The maximum Gasteiger partial charge on any atom is 0.247 e. The van der Waals surface area contributed by atoms with E-state index in [0.717, 1.165) is 5.56 Å². The highest BCUT2D eigenvalue weighted by Crippen LogP contribution is 2.29. The van der Waals surface area contributed by atoms with Gasteiger partial charge in [-0.3, -0.25) is 4.79 Å². The largest absolute Gasteiger partial charge is 0.494 e. The summed E-state index contributed by atoms with van der Waals surface area (Å²) in [6.07, 6.45) is 1.17. The molecule has 2 aromatic rings. The van der Waals surface area contributed by atoms with E-state index in [0.29, 0.717) is 17.2 Å². The molecule has 1 amide bonds. The van der Waals surface area contributed by atoms with Crippen LogP contribution in [0.3, 0.4) is 0 Å². The Hall–Kier alpha value is -2.82. The lowest BCUT2D eigenvalue weighted by Crippen LogP contribution is -2.08. The van der Waals surface area contributed by atoms with Crippen LogP contribution >= 0.6 is 0 Å². The van der Waals surface area contributed by atoms with Gasteiger partial charge in [0.05, 0.1) is 12.8 Å². The van der Waals surface area contributed by atoms with Gasteiger partial charge in [0.2, 0.25) is 5.91 Å². The van der Waals surface area contributed by atoms with Crippen LogP contribution in [0.25, 0.3) is 0 Å². The van der Waals surface area contributed by atoms with Gasteiger partial charge in [-0.2, -0.15) is 0 Å². The molecule has 0 unspecified atom stereocenters. The van der Waals surface area contributed by atoms with E-state index in [1.807, 2.05) is 0 Å². The first-order valence-corrected chi connectivity index (χ1v) is 6.61. The minimum absolute atomic E-state index is 0.235. The summed E-state index contributed by atoms with van der Waals surface area (Å²) in [5.74, 6) is 0.387. The molecule has 1 N–H and O–H groups in total. The van der Waals surface area contributed by atoms with Gasteiger partial charge in [0.15, 0.2) is 0 Å². The van der Waals surface area contributed by atoms with Crippen LogP contribution in [0, 0.1) is 5.82 Å². The Kier molecular flexibility index (Phi) is 5.14. The fourth-order valence-corrected chi connectivity index (χ4v) is 1.84. The number of rotatable bonds is 6. The van der Waals surface area contributed by atoms with E-state index in [1.165, 1.54) is 25.3 Å². The molecular formula is C17H16FNO3. The number of halogens is 1. The number of amides is 1. The van der Waals surface area contributed by atoms with Crippen molar-refractivity contribution in [2.45, 2.75) is 6.61 Å². The average molecular weight is 301 g/mol. The third-order valence-corrected chi connectivity index (χ3v) is 2.91. The molecule has 0 bridgehead atoms. The maximum atomic E-state index is 13.1. The van der Waals surface area contributed by atoms with E-state index in [9.17, 15) is 9.18 Å². The van der Waals surface area contributed by atoms with Gasteiger partial charge < -0.3 is 14.8 Å². The SMILES string of the molecule is C=CC(=O)Nc1ccc(OCc2cccc(F)c2)cc1OC. The molecule has 0 saturated heterocycles. The van der Waals surface area contributed by atoms with E-state index >= 15 is 0 Å². The molecule has 2 aromatic carbocycles. The second-order valence-corrected chi connectivity index (χ2v) is 4.47. The molecule has 2 rings (SSSR count). The summed E-state index contributed by atoms with van der Waals surface area (Å²) in [4.78, 5) is 11.3. The lowest BCUT2D eigenvalue weighted by molar-refractivity contribution is -0.111. The normalized spacial score (nSPS) is 9.91. The van der Waals surface area contributed by atoms with Gasteiger partial charge in [-0.05, 0) is 35.9 Å². The topological polar surface area (TPSA) is 47.6 Å². The molecule has 0 spiro atoms. The summed E-state index contributed by atoms with van der Waals surface area (Å²) in [5.41, 5.74) is 1.24. The minimum atomic E-state index is -0.327. The first-order chi connectivity index (χ1) is 10.6. The minimum Gasteiger partial charge on any atom is -0.494 e. The fourth-order valence-electron chi connectivity index (χ4n) is 1.84. The highest BCUT2D eigenvalue weighted by molar-refractivity contribution is 5.99. The predicted octanol–water partition coefficient (Wildman–Crippen LogP) is 3.54. The summed E-state index contributed by atoms with van der Waals surface area (Å²) in [6.45, 7) is 3.63. The van der Waals surface area contributed by atoms with Crippen molar-refractivity contribution in [2.24, 2.45) is 0 Å². The van der Waals surface area contributed by atoms with Gasteiger partial charge >= 0.3 is 0 Å². The Morgan fingerprint density at radius 3 is 2.82 bits per heavy atom. The van der Waals surface area contributed by atoms with Crippen molar-refractivity contribution < 1.29 is 18.7 Å². The molecule has 0 radical (unpaired) electrons. The summed E-state index contributed by atoms with van der Waals surface area (Å²) < 4.78 is 23.9. The average Bonchev–Trinajstić information content (AvgIpc) is 2.53. The second-order valence-electron chi connectivity index (χ2n) is 4.47. The van der Waals surface area contributed by atoms with E-state index in [1.54, 1.807) is 30.3 Å². The molecule has 0 heterocycles. The first-order valence-electron chi connectivity index (χ1n) is 6.61. The van der Waals surface area contributed by atoms with Crippen LogP contribution in [0.1, 0.15) is 5.56 Å². The van der Waals surface area contributed by atoms with Gasteiger partial charge in [0, 0.05) is 6.07 Å². The molecule has 0 aliphatic rings. The third kappa shape index (κ3) is 4.09. The van der Waals surface area contributed by atoms with Crippen molar-refractivity contribution in [3.05, 3.63) is 66.5 Å². The van der Waals surface area contributed by atoms with Crippen molar-refractivity contribution in [3.63, 3.8) is 0 Å². The fraction of sp³-hybridized carbons (Fsp3) is 0.118. The molecule has 0 saturated carbocycles. The van der Waals surface area contributed by atoms with Crippen LogP contribution in [-0.2, 0) is 11.4 Å². The zero-order chi connectivity index (χ0) is 15.9. The molecule has 5 heteroatoms. The number of methoxy groups -OCH3 is 1. The quantitative estimate of drug-likeness (QED) is 0.830. The predicted molar refractivity (Wildman–Crippen MR) is 82.6 cm³/mol. The Morgan fingerprint density at radius 1 is 1.32 bits per heavy atom. The smallest absolute Gasteiger partial charge is 0.247 e. The van der Waals surface area contributed by atoms with Crippen LogP contribution in [0.15, 0.2) is 55.1 Å². The number of hydrogen-bond donors (Lipinski definition) is 1. The van der Waals surface area contributed by atoms with Crippen LogP contribution in [0.4, 0.5) is 10.1 Å². The highest BCUT2D eigenvalue weighted by Gasteiger charge is 2.07. The first kappa shape index (κ1) is 15.6. The van der Waals surface area contributed by atoms with Crippen molar-refractivity contribution in [2.75, 3.05) is 12.4 Å². The number of ether oxygens (including phenoxy) is 2. The van der Waals surface area contributed by atoms with Crippen LogP contribution in [0.2, 0.25) is 0 Å². The molecule has 0 aliphatic carbocycles. The molecule has 0 atom stereocenters. The summed E-state index contributed by atoms with van der Waals surface area (Å²) >= 11 is 0. The van der Waals surface area contributed by atoms with E-state index in [4.69, 9.17) is 9.47 Å². The van der Waals surface area contributed by atoms with Crippen LogP contribution in [0.5, 0.6) is 11.5 Å². The van der Waals surface area contributed by atoms with E-state index < -0.39 is 0 Å². The third-order valence-electron chi connectivity index (χ3n) is 2.91. The van der Waals surface area contributed by atoms with Gasteiger partial charge in [-0.15, -0.1) is 0 Å². The number of nitrogens with one attached hydrogen (secondary N) is 1. The van der Waals surface area contributed by atoms with Crippen molar-refractivity contribution >= 4 is 11.6 Å². The molecule has 22 heavy (non-hydrogen) atoms. The van der Waals surface area contributed by atoms with E-state index in [-0.39, 0.29) is 18.3 Å². The zero-order valence-corrected chi connectivity index (χ0v) is 12.1. The molecule has 4 nitrogen and oxygen atoms in total. The summed E-state index contributed by atoms with van der Waals surface area (Å²) in [6, 6.07) is 11.2. The van der Waals surface area contributed by atoms with Crippen LogP contribution < -0.4 is 14.8 Å². The highest BCUT2D eigenvalue weighted by atomic mass is 19.1. The van der Waals surface area contributed by atoms with Crippen molar-refractivity contribution in [1.29, 1.82) is 0 Å². The summed E-state index contributed by atoms with van der Waals surface area (Å²) in [5, 5.41) is 2.63. The van der Waals surface area contributed by atoms with Crippen molar-refractivity contribution in [1.82, 2.24) is 0 Å². The Labute approximate surface area is 128 Å². The van der Waals surface area contributed by atoms with Gasteiger partial charge in [0.1, 0.15) is 23.9 Å². The molecule has 0 aromatic heterocycles. The van der Waals surface area contributed by atoms with Gasteiger partial charge in [-0.25, -0.2) is 4.39 Å². The number of hydrogen-bond acceptors (Lipinski definition) is 3. The van der Waals surface area contributed by atoms with Crippen LogP contribution in [-0.4, -0.2) is 13.0 Å². The number of carbonyl (C=O) groups is 1. The van der Waals surface area contributed by atoms with Gasteiger partial charge in [-0.1, -0.05) is 18.7 Å². The van der Waals surface area contributed by atoms with Gasteiger partial charge in [0.25, 0.3) is 0 Å². The standard InChI is InChI=1S/C17H16FNO3/c1-3-17(20)19-15-8-7-14(10-16(15)21-2)22-11-12-5-4-6-13(18)9-12/h3-10H,1,11H2,2H3,(H,19,20). The Morgan fingerprint density at radius 2 is 2.14 bits per heavy atom. The van der Waals surface area contributed by atoms with E-state index in [2.05, 4.69) is 11.9 Å².